The molecule has 0 aromatic carbocycles. The molecular weight excluding hydrogens is 620 g/mol. The summed E-state index contributed by atoms with van der Waals surface area (Å²) in [7, 11) is -4.62. The second-order valence-electron chi connectivity index (χ2n) is 7.78. The van der Waals surface area contributed by atoms with Gasteiger partial charge in [-0.2, -0.15) is 83.4 Å². The highest BCUT2D eigenvalue weighted by atomic mass is 31.2. The molecule has 0 aliphatic heterocycles. The van der Waals surface area contributed by atoms with Gasteiger partial charge in [0.25, 0.3) is 0 Å². The first kappa shape index (κ1) is 36.8. The van der Waals surface area contributed by atoms with Gasteiger partial charge >= 0.3 is 61.2 Å². The van der Waals surface area contributed by atoms with E-state index in [1.807, 2.05) is 0 Å². The molecule has 0 fully saturated rings. The Morgan fingerprint density at radius 1 is 0.421 bits per heavy atom. The van der Waals surface area contributed by atoms with E-state index in [1.165, 1.54) is 0 Å². The van der Waals surface area contributed by atoms with E-state index in [0.29, 0.717) is 0 Å². The van der Waals surface area contributed by atoms with E-state index in [9.17, 15) is 88.0 Å². The molecule has 0 saturated heterocycles. The van der Waals surface area contributed by atoms with Crippen LogP contribution in [0.3, 0.4) is 0 Å². The zero-order valence-corrected chi connectivity index (χ0v) is 18.6. The fourth-order valence-corrected chi connectivity index (χ4v) is 3.20. The van der Waals surface area contributed by atoms with Gasteiger partial charge in [0.2, 0.25) is 0 Å². The minimum Gasteiger partial charge on any atom is -0.324 e. The van der Waals surface area contributed by atoms with E-state index in [2.05, 4.69) is 0 Å². The van der Waals surface area contributed by atoms with Crippen molar-refractivity contribution in [3.8, 4) is 0 Å². The lowest BCUT2D eigenvalue weighted by Crippen LogP contribution is -2.75. The van der Waals surface area contributed by atoms with Crippen LogP contribution in [0.5, 0.6) is 0 Å². The van der Waals surface area contributed by atoms with Crippen molar-refractivity contribution in [3.05, 3.63) is 0 Å². The van der Waals surface area contributed by atoms with E-state index in [0.717, 1.165) is 0 Å². The molecule has 0 radical (unpaired) electrons. The maximum absolute atomic E-state index is 13.7. The summed E-state index contributed by atoms with van der Waals surface area (Å²) in [5, 5.41) is 0. The monoisotopic (exact) mass is 634 g/mol. The van der Waals surface area contributed by atoms with E-state index in [1.54, 1.807) is 0 Å². The Balaban J connectivity index is 6.23. The summed E-state index contributed by atoms with van der Waals surface area (Å²) in [5.74, 6) is -66.6. The Kier molecular flexibility index (Phi) is 10.0. The van der Waals surface area contributed by atoms with Crippen molar-refractivity contribution in [1.29, 1.82) is 0 Å². The van der Waals surface area contributed by atoms with Crippen molar-refractivity contribution in [2.75, 3.05) is 6.16 Å². The van der Waals surface area contributed by atoms with Crippen LogP contribution in [-0.4, -0.2) is 69.5 Å². The van der Waals surface area contributed by atoms with Gasteiger partial charge in [-0.25, -0.2) is 0 Å². The third kappa shape index (κ3) is 5.95. The lowest BCUT2D eigenvalue weighted by molar-refractivity contribution is -0.468. The molecule has 0 heterocycles. The molecule has 3 nitrogen and oxygen atoms in total. The molecule has 0 amide bonds. The Labute approximate surface area is 198 Å². The van der Waals surface area contributed by atoms with Gasteiger partial charge in [0, 0.05) is 12.6 Å². The van der Waals surface area contributed by atoms with Crippen molar-refractivity contribution in [2.45, 2.75) is 85.7 Å². The van der Waals surface area contributed by atoms with Crippen molar-refractivity contribution < 1.29 is 97.8 Å². The summed E-state index contributed by atoms with van der Waals surface area (Å²) in [5.41, 5.74) is 0. The zero-order chi connectivity index (χ0) is 31.2. The summed E-state index contributed by atoms with van der Waals surface area (Å²) >= 11 is 0. The average Bonchev–Trinajstić information content (AvgIpc) is 2.67. The highest BCUT2D eigenvalue weighted by Crippen LogP contribution is 2.65. The molecule has 0 rings (SSSR count). The fraction of sp³-hybridized carbons (Fsp3) is 1.00. The SMILES string of the molecule is O=P(O)(O)CCCCCCC(F)(F)C(F)(F)C(F)(F)C(F)(F)C(F)(F)C(F)(F)C(F)(F)C(F)(F)C(F)(F)F. The quantitative estimate of drug-likeness (QED) is 0.117. The van der Waals surface area contributed by atoms with Crippen LogP contribution in [0.4, 0.5) is 83.4 Å². The first-order valence-corrected chi connectivity index (χ1v) is 11.1. The molecule has 0 aliphatic rings. The summed E-state index contributed by atoms with van der Waals surface area (Å²) in [6.07, 6.45) is -14.6. The van der Waals surface area contributed by atoms with Gasteiger partial charge in [-0.05, 0) is 12.8 Å². The lowest BCUT2D eigenvalue weighted by Gasteiger charge is -2.43. The van der Waals surface area contributed by atoms with Crippen LogP contribution in [0.25, 0.3) is 0 Å². The molecular formula is C15H14F19O3P. The molecule has 0 atom stereocenters. The van der Waals surface area contributed by atoms with Crippen LogP contribution in [0.2, 0.25) is 0 Å². The summed E-state index contributed by atoms with van der Waals surface area (Å²) in [4.78, 5) is 17.0. The van der Waals surface area contributed by atoms with Crippen LogP contribution >= 0.6 is 7.60 Å². The molecule has 0 saturated carbocycles. The van der Waals surface area contributed by atoms with Gasteiger partial charge in [-0.15, -0.1) is 0 Å². The molecule has 23 heteroatoms. The van der Waals surface area contributed by atoms with Gasteiger partial charge in [-0.3, -0.25) is 4.57 Å². The van der Waals surface area contributed by atoms with Gasteiger partial charge in [0.1, 0.15) is 0 Å². The standard InChI is InChI=1S/C15H14F19O3P/c16-7(17,5-3-1-2-4-6-38(35,36)37)8(18,19)9(20,21)10(22,23)11(24,25)12(26,27)13(28,29)14(30,31)15(32,33)34/h1-6H2,(H2,35,36,37). The Bertz CT molecular complexity index is 860. The predicted octanol–water partition coefficient (Wildman–Crippen LogP) is 7.76. The number of hydrogen-bond acceptors (Lipinski definition) is 1. The van der Waals surface area contributed by atoms with Crippen LogP contribution in [0, 0.1) is 0 Å². The smallest absolute Gasteiger partial charge is 0.324 e. The van der Waals surface area contributed by atoms with Crippen molar-refractivity contribution in [3.63, 3.8) is 0 Å². The van der Waals surface area contributed by atoms with E-state index in [4.69, 9.17) is 9.79 Å². The maximum Gasteiger partial charge on any atom is 0.460 e. The van der Waals surface area contributed by atoms with Gasteiger partial charge in [0.05, 0.1) is 0 Å². The minimum atomic E-state index is -8.94. The molecule has 0 bridgehead atoms. The third-order valence-corrected chi connectivity index (χ3v) is 5.77. The van der Waals surface area contributed by atoms with E-state index in [-0.39, 0.29) is 0 Å². The van der Waals surface area contributed by atoms with Crippen LogP contribution in [0.1, 0.15) is 32.1 Å². The first-order valence-electron chi connectivity index (χ1n) is 9.34. The van der Waals surface area contributed by atoms with Gasteiger partial charge in [-0.1, -0.05) is 12.8 Å². The maximum atomic E-state index is 13.7. The lowest BCUT2D eigenvalue weighted by atomic mass is 9.86. The summed E-state index contributed by atoms with van der Waals surface area (Å²) in [6, 6.07) is 0. The fourth-order valence-electron chi connectivity index (χ4n) is 2.57. The Morgan fingerprint density at radius 2 is 0.711 bits per heavy atom. The first-order chi connectivity index (χ1) is 16.2. The normalized spacial score (nSPS) is 16.2. The largest absolute Gasteiger partial charge is 0.460 e. The Hall–Kier alpha value is -1.18. The number of unbranched alkanes of at least 4 members (excludes halogenated alkanes) is 3. The van der Waals surface area contributed by atoms with Crippen LogP contribution in [0.15, 0.2) is 0 Å². The summed E-state index contributed by atoms with van der Waals surface area (Å²) in [6.45, 7) is 0. The molecule has 0 aromatic rings. The molecule has 2 N–H and O–H groups in total. The molecule has 38 heavy (non-hydrogen) atoms. The van der Waals surface area contributed by atoms with Crippen LogP contribution in [-0.2, 0) is 4.57 Å². The van der Waals surface area contributed by atoms with E-state index < -0.39 is 99.4 Å². The highest BCUT2D eigenvalue weighted by molar-refractivity contribution is 7.51. The number of rotatable bonds is 14. The minimum absolute atomic E-state index is 0.488. The number of hydrogen-bond donors (Lipinski definition) is 2. The average molecular weight is 634 g/mol. The number of halogens is 19. The topological polar surface area (TPSA) is 57.5 Å². The number of alkyl halides is 19. The van der Waals surface area contributed by atoms with Crippen molar-refractivity contribution in [2.24, 2.45) is 0 Å². The molecule has 230 valence electrons. The zero-order valence-electron chi connectivity index (χ0n) is 17.7. The second kappa shape index (κ2) is 10.3. The molecule has 0 aliphatic carbocycles. The van der Waals surface area contributed by atoms with Crippen molar-refractivity contribution in [1.82, 2.24) is 0 Å². The van der Waals surface area contributed by atoms with Gasteiger partial charge < -0.3 is 9.79 Å². The Morgan fingerprint density at radius 3 is 1.03 bits per heavy atom. The molecule has 0 spiro atoms. The van der Waals surface area contributed by atoms with Crippen molar-refractivity contribution >= 4 is 7.60 Å². The third-order valence-electron chi connectivity index (χ3n) is 4.87. The van der Waals surface area contributed by atoms with E-state index >= 15 is 0 Å². The van der Waals surface area contributed by atoms with Crippen LogP contribution < -0.4 is 0 Å². The predicted molar refractivity (Wildman–Crippen MR) is 85.6 cm³/mol. The molecule has 0 unspecified atom stereocenters. The highest BCUT2D eigenvalue weighted by Gasteiger charge is 2.96. The second-order valence-corrected chi connectivity index (χ2v) is 9.55. The van der Waals surface area contributed by atoms with Gasteiger partial charge in [0.15, 0.2) is 0 Å². The molecule has 0 aromatic heterocycles. The summed E-state index contributed by atoms with van der Waals surface area (Å²) < 4.78 is 261.